The minimum Gasteiger partial charge on any atom is -0.508 e. The molecule has 14 nitrogen and oxygen atoms in total. The van der Waals surface area contributed by atoms with Crippen LogP contribution in [0.5, 0.6) is 5.75 Å². The first-order chi connectivity index (χ1) is 16.7. The molecule has 6 atom stereocenters. The van der Waals surface area contributed by atoms with Crippen LogP contribution in [0.15, 0.2) is 24.3 Å². The first-order valence-electron chi connectivity index (χ1n) is 11.0. The van der Waals surface area contributed by atoms with Crippen molar-refractivity contribution >= 4 is 29.7 Å². The number of carbonyl (C=O) groups excluding carboxylic acids is 3. The summed E-state index contributed by atoms with van der Waals surface area (Å²) in [7, 11) is 0. The third kappa shape index (κ3) is 9.85. The van der Waals surface area contributed by atoms with Crippen LogP contribution in [0, 0.1) is 0 Å². The van der Waals surface area contributed by atoms with Gasteiger partial charge in [0.05, 0.1) is 12.2 Å². The molecular formula is C22H32N4O10. The van der Waals surface area contributed by atoms with Crippen LogP contribution in [-0.4, -0.2) is 91.6 Å². The summed E-state index contributed by atoms with van der Waals surface area (Å²) < 4.78 is 0. The molecule has 1 rings (SSSR count). The van der Waals surface area contributed by atoms with Crippen molar-refractivity contribution in [2.75, 3.05) is 0 Å². The molecule has 0 aromatic heterocycles. The second-order valence-electron chi connectivity index (χ2n) is 8.26. The Morgan fingerprint density at radius 3 is 1.83 bits per heavy atom. The van der Waals surface area contributed by atoms with Crippen molar-refractivity contribution in [2.24, 2.45) is 5.73 Å². The number of rotatable bonds is 14. The number of aliphatic carboxylic acids is 2. The number of phenols is 1. The monoisotopic (exact) mass is 512 g/mol. The lowest BCUT2D eigenvalue weighted by atomic mass is 10.0. The van der Waals surface area contributed by atoms with Gasteiger partial charge in [-0.25, -0.2) is 4.79 Å². The number of aliphatic hydroxyl groups excluding tert-OH is 2. The number of hydrogen-bond donors (Lipinski definition) is 9. The molecule has 0 aliphatic carbocycles. The molecule has 0 spiro atoms. The molecule has 0 aliphatic rings. The Morgan fingerprint density at radius 1 is 0.833 bits per heavy atom. The third-order valence-electron chi connectivity index (χ3n) is 5.16. The zero-order valence-electron chi connectivity index (χ0n) is 19.7. The fourth-order valence-electron chi connectivity index (χ4n) is 3.02. The Hall–Kier alpha value is -3.75. The van der Waals surface area contributed by atoms with E-state index in [0.29, 0.717) is 5.56 Å². The highest BCUT2D eigenvalue weighted by Gasteiger charge is 2.32. The van der Waals surface area contributed by atoms with Crippen LogP contribution >= 0.6 is 0 Å². The van der Waals surface area contributed by atoms with Crippen molar-refractivity contribution in [3.8, 4) is 5.75 Å². The van der Waals surface area contributed by atoms with E-state index in [1.54, 1.807) is 0 Å². The lowest BCUT2D eigenvalue weighted by molar-refractivity contribution is -0.145. The maximum atomic E-state index is 13.1. The van der Waals surface area contributed by atoms with E-state index in [1.165, 1.54) is 31.2 Å². The van der Waals surface area contributed by atoms with Gasteiger partial charge in [-0.05, 0) is 38.0 Å². The summed E-state index contributed by atoms with van der Waals surface area (Å²) in [6, 6.07) is -0.335. The van der Waals surface area contributed by atoms with Gasteiger partial charge in [0.1, 0.15) is 23.9 Å². The highest BCUT2D eigenvalue weighted by Crippen LogP contribution is 2.12. The van der Waals surface area contributed by atoms with Crippen molar-refractivity contribution < 1.29 is 49.5 Å². The third-order valence-corrected chi connectivity index (χ3v) is 5.16. The van der Waals surface area contributed by atoms with Crippen LogP contribution in [0.1, 0.15) is 32.3 Å². The van der Waals surface area contributed by atoms with Gasteiger partial charge in [-0.15, -0.1) is 0 Å². The molecule has 36 heavy (non-hydrogen) atoms. The smallest absolute Gasteiger partial charge is 0.328 e. The SMILES string of the molecule is CC(O)C(N)C(=O)NC(Cc1ccc(O)cc1)C(=O)NC(CCC(=O)O)C(=O)NC(C(=O)O)C(C)O. The number of carboxylic acids is 2. The minimum absolute atomic E-state index is 0.0450. The first kappa shape index (κ1) is 30.3. The Balaban J connectivity index is 3.17. The molecule has 3 amide bonds. The van der Waals surface area contributed by atoms with Gasteiger partial charge in [0, 0.05) is 12.8 Å². The maximum absolute atomic E-state index is 13.1. The summed E-state index contributed by atoms with van der Waals surface area (Å²) in [5, 5.41) is 53.6. The highest BCUT2D eigenvalue weighted by molar-refractivity contribution is 5.94. The molecule has 0 saturated carbocycles. The largest absolute Gasteiger partial charge is 0.508 e. The van der Waals surface area contributed by atoms with E-state index in [4.69, 9.17) is 10.8 Å². The molecular weight excluding hydrogens is 480 g/mol. The van der Waals surface area contributed by atoms with Crippen LogP contribution in [-0.2, 0) is 30.4 Å². The standard InChI is InChI=1S/C22H32N4O10/c1-10(27)17(23)21(34)25-15(9-12-3-5-13(29)6-4-12)20(33)24-14(7-8-16(30)31)19(32)26-18(11(2)28)22(35)36/h3-6,10-11,14-15,17-18,27-29H,7-9,23H2,1-2H3,(H,24,33)(H,25,34)(H,26,32)(H,30,31)(H,35,36). The van der Waals surface area contributed by atoms with E-state index in [9.17, 15) is 44.4 Å². The van der Waals surface area contributed by atoms with Gasteiger partial charge in [0.25, 0.3) is 0 Å². The number of aliphatic hydroxyl groups is 2. The van der Waals surface area contributed by atoms with Crippen LogP contribution < -0.4 is 21.7 Å². The summed E-state index contributed by atoms with van der Waals surface area (Å²) in [5.41, 5.74) is 6.12. The van der Waals surface area contributed by atoms with Crippen molar-refractivity contribution in [3.63, 3.8) is 0 Å². The fraction of sp³-hybridized carbons (Fsp3) is 0.500. The average Bonchev–Trinajstić information content (AvgIpc) is 2.79. The molecule has 0 radical (unpaired) electrons. The van der Waals surface area contributed by atoms with Crippen LogP contribution in [0.25, 0.3) is 0 Å². The molecule has 6 unspecified atom stereocenters. The number of aromatic hydroxyl groups is 1. The summed E-state index contributed by atoms with van der Waals surface area (Å²) in [4.78, 5) is 60.5. The lowest BCUT2D eigenvalue weighted by Crippen LogP contribution is -2.59. The molecule has 14 heteroatoms. The van der Waals surface area contributed by atoms with E-state index in [-0.39, 0.29) is 12.2 Å². The van der Waals surface area contributed by atoms with Crippen LogP contribution in [0.4, 0.5) is 0 Å². The summed E-state index contributed by atoms with van der Waals surface area (Å²) in [6.07, 6.45) is -3.86. The second-order valence-corrected chi connectivity index (χ2v) is 8.26. The number of nitrogens with two attached hydrogens (primary N) is 1. The Kier molecular flexibility index (Phi) is 11.7. The number of hydrogen-bond acceptors (Lipinski definition) is 9. The number of carboxylic acid groups (broad SMARTS) is 2. The zero-order chi connectivity index (χ0) is 27.6. The van der Waals surface area contributed by atoms with E-state index in [1.807, 2.05) is 5.32 Å². The number of phenolic OH excluding ortho intramolecular Hbond substituents is 1. The van der Waals surface area contributed by atoms with Crippen molar-refractivity contribution in [3.05, 3.63) is 29.8 Å². The van der Waals surface area contributed by atoms with E-state index in [2.05, 4.69) is 10.6 Å². The average molecular weight is 513 g/mol. The molecule has 0 heterocycles. The molecule has 0 fully saturated rings. The topological polar surface area (TPSA) is 249 Å². The second kappa shape index (κ2) is 14.0. The van der Waals surface area contributed by atoms with E-state index < -0.39 is 78.9 Å². The summed E-state index contributed by atoms with van der Waals surface area (Å²) in [6.45, 7) is 2.39. The van der Waals surface area contributed by atoms with Gasteiger partial charge in [0.15, 0.2) is 6.04 Å². The molecule has 1 aromatic carbocycles. The molecule has 200 valence electrons. The van der Waals surface area contributed by atoms with Crippen molar-refractivity contribution in [1.82, 2.24) is 16.0 Å². The first-order valence-corrected chi connectivity index (χ1v) is 11.0. The fourth-order valence-corrected chi connectivity index (χ4v) is 3.02. The Labute approximate surface area is 206 Å². The molecule has 1 aromatic rings. The highest BCUT2D eigenvalue weighted by atomic mass is 16.4. The molecule has 0 aliphatic heterocycles. The van der Waals surface area contributed by atoms with Crippen LogP contribution in [0.2, 0.25) is 0 Å². The van der Waals surface area contributed by atoms with Gasteiger partial charge in [0.2, 0.25) is 17.7 Å². The molecule has 10 N–H and O–H groups in total. The van der Waals surface area contributed by atoms with E-state index in [0.717, 1.165) is 6.92 Å². The minimum atomic E-state index is -1.72. The van der Waals surface area contributed by atoms with Gasteiger partial charge < -0.3 is 47.2 Å². The molecule has 0 saturated heterocycles. The van der Waals surface area contributed by atoms with E-state index >= 15 is 0 Å². The summed E-state index contributed by atoms with van der Waals surface area (Å²) >= 11 is 0. The predicted octanol–water partition coefficient (Wildman–Crippen LogP) is -2.57. The Morgan fingerprint density at radius 2 is 1.36 bits per heavy atom. The normalized spacial score (nSPS) is 15.9. The molecule has 0 bridgehead atoms. The Bertz CT molecular complexity index is 935. The quantitative estimate of drug-likeness (QED) is 0.125. The van der Waals surface area contributed by atoms with Gasteiger partial charge in [-0.1, -0.05) is 12.1 Å². The number of amides is 3. The number of carbonyl (C=O) groups is 5. The van der Waals surface area contributed by atoms with Crippen molar-refractivity contribution in [1.29, 1.82) is 0 Å². The van der Waals surface area contributed by atoms with Gasteiger partial charge >= 0.3 is 11.9 Å². The zero-order valence-corrected chi connectivity index (χ0v) is 19.7. The number of nitrogens with one attached hydrogen (secondary N) is 3. The van der Waals surface area contributed by atoms with Crippen LogP contribution in [0.3, 0.4) is 0 Å². The maximum Gasteiger partial charge on any atom is 0.328 e. The van der Waals surface area contributed by atoms with Gasteiger partial charge in [-0.2, -0.15) is 0 Å². The summed E-state index contributed by atoms with van der Waals surface area (Å²) in [5.74, 6) is -5.75. The number of benzene rings is 1. The lowest BCUT2D eigenvalue weighted by Gasteiger charge is -2.26. The predicted molar refractivity (Wildman–Crippen MR) is 123 cm³/mol. The van der Waals surface area contributed by atoms with Crippen molar-refractivity contribution in [2.45, 2.75) is 69.5 Å². The van der Waals surface area contributed by atoms with Gasteiger partial charge in [-0.3, -0.25) is 19.2 Å².